The summed E-state index contributed by atoms with van der Waals surface area (Å²) in [7, 11) is 1.37. The minimum absolute atomic E-state index is 0.106. The predicted octanol–water partition coefficient (Wildman–Crippen LogP) is 7.53. The zero-order valence-corrected chi connectivity index (χ0v) is 22.5. The van der Waals surface area contributed by atoms with E-state index in [2.05, 4.69) is 5.32 Å². The highest BCUT2D eigenvalue weighted by Crippen LogP contribution is 2.49. The standard InChI is InChI=1S/C30H25F7N2O4/c1-43-25-8-2-15(3-9-26(40)41)10-22(25)20-5-4-17(29(32,33)34)14-21(20)23-6-7-24-27(38-28(42)39(23)24)16-11-18(30(35,36)37)13-19(31)12-16/h2,4-5,8,10-14,23-24,27H,3,6-7,9H2,1H3,(H,38,42)(H,40,41)/t23-,24-,27+/m0/s1. The number of rotatable bonds is 7. The Balaban J connectivity index is 1.59. The van der Waals surface area contributed by atoms with E-state index in [0.29, 0.717) is 28.5 Å². The van der Waals surface area contributed by atoms with Crippen LogP contribution in [0, 0.1) is 5.82 Å². The van der Waals surface area contributed by atoms with Crippen molar-refractivity contribution in [2.75, 3.05) is 7.11 Å². The SMILES string of the molecule is COc1ccc(CCC(=O)O)cc1-c1ccc(C(F)(F)F)cc1[C@@H]1CC[C@H]2[C@@H](c3cc(F)cc(C(F)(F)F)c3)NC(=O)N12. The van der Waals surface area contributed by atoms with Gasteiger partial charge in [0.2, 0.25) is 0 Å². The molecule has 0 saturated carbocycles. The van der Waals surface area contributed by atoms with E-state index >= 15 is 0 Å². The number of carbonyl (C=O) groups excluding carboxylic acids is 1. The van der Waals surface area contributed by atoms with Crippen molar-refractivity contribution in [3.8, 4) is 16.9 Å². The molecule has 0 radical (unpaired) electrons. The number of aryl methyl sites for hydroxylation is 1. The Bertz CT molecular complexity index is 1570. The summed E-state index contributed by atoms with van der Waals surface area (Å²) in [5, 5.41) is 11.7. The van der Waals surface area contributed by atoms with Gasteiger partial charge < -0.3 is 20.1 Å². The maximum atomic E-state index is 14.2. The second-order valence-electron chi connectivity index (χ2n) is 10.5. The number of ether oxygens (including phenoxy) is 1. The summed E-state index contributed by atoms with van der Waals surface area (Å²) in [5.41, 5.74) is -0.865. The Hall–Kier alpha value is -4.29. The highest BCUT2D eigenvalue weighted by atomic mass is 19.4. The fraction of sp³-hybridized carbons (Fsp3) is 0.333. The van der Waals surface area contributed by atoms with Gasteiger partial charge in [-0.25, -0.2) is 9.18 Å². The van der Waals surface area contributed by atoms with E-state index in [1.54, 1.807) is 18.2 Å². The molecule has 13 heteroatoms. The van der Waals surface area contributed by atoms with Crippen molar-refractivity contribution in [3.63, 3.8) is 0 Å². The molecular formula is C30H25F7N2O4. The molecule has 2 aliphatic rings. The van der Waals surface area contributed by atoms with Gasteiger partial charge in [-0.05, 0) is 84.0 Å². The van der Waals surface area contributed by atoms with Crippen molar-refractivity contribution in [2.24, 2.45) is 0 Å². The lowest BCUT2D eigenvalue weighted by atomic mass is 9.90. The van der Waals surface area contributed by atoms with E-state index in [0.717, 1.165) is 24.3 Å². The number of nitrogens with one attached hydrogen (secondary N) is 1. The van der Waals surface area contributed by atoms with Crippen molar-refractivity contribution < 1.29 is 50.2 Å². The predicted molar refractivity (Wildman–Crippen MR) is 140 cm³/mol. The summed E-state index contributed by atoms with van der Waals surface area (Å²) in [4.78, 5) is 25.7. The highest BCUT2D eigenvalue weighted by molar-refractivity contribution is 5.81. The van der Waals surface area contributed by atoms with Crippen molar-refractivity contribution >= 4 is 12.0 Å². The highest BCUT2D eigenvalue weighted by Gasteiger charge is 2.49. The number of aliphatic carboxylic acids is 1. The molecule has 2 aliphatic heterocycles. The zero-order chi connectivity index (χ0) is 31.3. The number of carboxylic acid groups (broad SMARTS) is 1. The molecule has 0 bridgehead atoms. The molecule has 2 N–H and O–H groups in total. The fourth-order valence-electron chi connectivity index (χ4n) is 5.96. The molecule has 0 spiro atoms. The quantitative estimate of drug-likeness (QED) is 0.271. The van der Waals surface area contributed by atoms with Crippen LogP contribution >= 0.6 is 0 Å². The number of nitrogens with zero attached hydrogens (tertiary/aromatic N) is 1. The van der Waals surface area contributed by atoms with Gasteiger partial charge in [0.25, 0.3) is 0 Å². The summed E-state index contributed by atoms with van der Waals surface area (Å²) in [5.74, 6) is -1.86. The van der Waals surface area contributed by atoms with Crippen molar-refractivity contribution in [1.29, 1.82) is 0 Å². The number of fused-ring (bicyclic) bond motifs is 1. The Labute approximate surface area is 241 Å². The molecule has 2 fully saturated rings. The number of halogens is 7. The van der Waals surface area contributed by atoms with Gasteiger partial charge in [0.05, 0.1) is 36.4 Å². The van der Waals surface area contributed by atoms with Gasteiger partial charge in [0.15, 0.2) is 0 Å². The van der Waals surface area contributed by atoms with Crippen LogP contribution in [0.1, 0.15) is 59.2 Å². The van der Waals surface area contributed by atoms with E-state index in [4.69, 9.17) is 9.84 Å². The number of benzene rings is 3. The molecular weight excluding hydrogens is 585 g/mol. The number of methoxy groups -OCH3 is 1. The molecule has 2 amide bonds. The van der Waals surface area contributed by atoms with Crippen molar-refractivity contribution in [3.05, 3.63) is 88.2 Å². The molecule has 228 valence electrons. The molecule has 43 heavy (non-hydrogen) atoms. The lowest BCUT2D eigenvalue weighted by Gasteiger charge is -2.27. The first kappa shape index (κ1) is 30.2. The third kappa shape index (κ3) is 5.98. The second-order valence-corrected chi connectivity index (χ2v) is 10.5. The van der Waals surface area contributed by atoms with E-state index in [1.807, 2.05) is 0 Å². The van der Waals surface area contributed by atoms with Crippen LogP contribution in [0.4, 0.5) is 35.5 Å². The van der Waals surface area contributed by atoms with Crippen LogP contribution in [0.2, 0.25) is 0 Å². The van der Waals surface area contributed by atoms with Crippen LogP contribution in [0.25, 0.3) is 11.1 Å². The molecule has 3 atom stereocenters. The largest absolute Gasteiger partial charge is 0.496 e. The third-order valence-electron chi connectivity index (χ3n) is 7.85. The number of urea groups is 1. The van der Waals surface area contributed by atoms with Gasteiger partial charge in [-0.3, -0.25) is 4.79 Å². The van der Waals surface area contributed by atoms with Gasteiger partial charge in [-0.15, -0.1) is 0 Å². The van der Waals surface area contributed by atoms with E-state index in [1.165, 1.54) is 18.1 Å². The molecule has 3 aromatic rings. The monoisotopic (exact) mass is 610 g/mol. The Morgan fingerprint density at radius 1 is 0.953 bits per heavy atom. The first-order valence-electron chi connectivity index (χ1n) is 13.2. The molecule has 0 aromatic heterocycles. The van der Waals surface area contributed by atoms with Crippen LogP contribution in [0.3, 0.4) is 0 Å². The second kappa shape index (κ2) is 11.1. The number of carboxylic acids is 1. The molecule has 5 rings (SSSR count). The third-order valence-corrected chi connectivity index (χ3v) is 7.85. The topological polar surface area (TPSA) is 78.9 Å². The lowest BCUT2D eigenvalue weighted by Crippen LogP contribution is -2.32. The zero-order valence-electron chi connectivity index (χ0n) is 22.5. The normalized spacial score (nSPS) is 20.2. The van der Waals surface area contributed by atoms with Crippen molar-refractivity contribution in [2.45, 2.75) is 56.2 Å². The number of amides is 2. The molecule has 6 nitrogen and oxygen atoms in total. The molecule has 2 saturated heterocycles. The Morgan fingerprint density at radius 2 is 1.67 bits per heavy atom. The van der Waals surface area contributed by atoms with Gasteiger partial charge in [-0.1, -0.05) is 12.1 Å². The minimum atomic E-state index is -4.83. The maximum Gasteiger partial charge on any atom is 0.416 e. The summed E-state index contributed by atoms with van der Waals surface area (Å²) in [6.45, 7) is 0. The summed E-state index contributed by atoms with van der Waals surface area (Å²) in [6.07, 6.45) is -9.17. The van der Waals surface area contributed by atoms with Crippen LogP contribution in [0.5, 0.6) is 5.75 Å². The van der Waals surface area contributed by atoms with Crippen LogP contribution in [-0.2, 0) is 23.6 Å². The van der Waals surface area contributed by atoms with Gasteiger partial charge in [-0.2, -0.15) is 26.3 Å². The van der Waals surface area contributed by atoms with Crippen LogP contribution in [-0.4, -0.2) is 35.2 Å². The fourth-order valence-corrected chi connectivity index (χ4v) is 5.96. The number of hydrogen-bond acceptors (Lipinski definition) is 3. The number of alkyl halides is 6. The van der Waals surface area contributed by atoms with Gasteiger partial charge >= 0.3 is 24.4 Å². The van der Waals surface area contributed by atoms with E-state index < -0.39 is 59.4 Å². The Morgan fingerprint density at radius 3 is 2.33 bits per heavy atom. The van der Waals surface area contributed by atoms with E-state index in [-0.39, 0.29) is 36.8 Å². The summed E-state index contributed by atoms with van der Waals surface area (Å²) < 4.78 is 101. The number of carbonyl (C=O) groups is 2. The average molecular weight is 611 g/mol. The Kier molecular flexibility index (Phi) is 7.78. The lowest BCUT2D eigenvalue weighted by molar-refractivity contribution is -0.138. The maximum absolute atomic E-state index is 14.2. The molecule has 0 aliphatic carbocycles. The minimum Gasteiger partial charge on any atom is -0.496 e. The first-order valence-corrected chi connectivity index (χ1v) is 13.2. The smallest absolute Gasteiger partial charge is 0.416 e. The van der Waals surface area contributed by atoms with Crippen LogP contribution in [0.15, 0.2) is 54.6 Å². The van der Waals surface area contributed by atoms with E-state index in [9.17, 15) is 40.3 Å². The van der Waals surface area contributed by atoms with Crippen LogP contribution < -0.4 is 10.1 Å². The first-order chi connectivity index (χ1) is 20.2. The molecule has 3 aromatic carbocycles. The van der Waals surface area contributed by atoms with Gasteiger partial charge in [0, 0.05) is 12.0 Å². The molecule has 0 unspecified atom stereocenters. The summed E-state index contributed by atoms with van der Waals surface area (Å²) in [6, 6.07) is 6.55. The molecule has 2 heterocycles. The summed E-state index contributed by atoms with van der Waals surface area (Å²) >= 11 is 0. The average Bonchev–Trinajstić information content (AvgIpc) is 3.51. The number of hydrogen-bond donors (Lipinski definition) is 2. The van der Waals surface area contributed by atoms with Gasteiger partial charge in [0.1, 0.15) is 11.6 Å². The van der Waals surface area contributed by atoms with Crippen molar-refractivity contribution in [1.82, 2.24) is 10.2 Å².